The van der Waals surface area contributed by atoms with Gasteiger partial charge in [-0.2, -0.15) is 0 Å². The number of nitro benzene ring substituents is 1. The molecule has 0 heterocycles. The lowest BCUT2D eigenvalue weighted by molar-refractivity contribution is -0.384. The molecule has 2 aromatic rings. The second kappa shape index (κ2) is 6.71. The van der Waals surface area contributed by atoms with E-state index in [1.165, 1.54) is 24.3 Å². The standard InChI is InChI=1S/C16H16N2O4/c1-3-12-10-13(5-4-11(12)2)17-16(19)22-15-8-6-14(7-9-15)18(20)21/h4-10H,3H2,1-2H3,(H,17,19). The van der Waals surface area contributed by atoms with Crippen LogP contribution in [0.2, 0.25) is 0 Å². The van der Waals surface area contributed by atoms with Gasteiger partial charge in [0.15, 0.2) is 0 Å². The molecule has 0 saturated carbocycles. The molecule has 6 heteroatoms. The van der Waals surface area contributed by atoms with E-state index < -0.39 is 11.0 Å². The van der Waals surface area contributed by atoms with Gasteiger partial charge in [0.25, 0.3) is 5.69 Å². The fraction of sp³-hybridized carbons (Fsp3) is 0.188. The summed E-state index contributed by atoms with van der Waals surface area (Å²) in [6.07, 6.45) is 0.235. The summed E-state index contributed by atoms with van der Waals surface area (Å²) in [6.45, 7) is 4.05. The molecule has 6 nitrogen and oxygen atoms in total. The first-order valence-corrected chi connectivity index (χ1v) is 6.82. The smallest absolute Gasteiger partial charge is 0.410 e. The molecule has 22 heavy (non-hydrogen) atoms. The molecule has 0 aliphatic heterocycles. The summed E-state index contributed by atoms with van der Waals surface area (Å²) in [4.78, 5) is 21.9. The van der Waals surface area contributed by atoms with Crippen LogP contribution in [0.1, 0.15) is 18.1 Å². The number of carbonyl (C=O) groups excluding carboxylic acids is 1. The van der Waals surface area contributed by atoms with Gasteiger partial charge < -0.3 is 4.74 Å². The molecule has 0 unspecified atom stereocenters. The van der Waals surface area contributed by atoms with E-state index in [1.54, 1.807) is 6.07 Å². The fourth-order valence-electron chi connectivity index (χ4n) is 2.02. The van der Waals surface area contributed by atoms with E-state index in [0.29, 0.717) is 5.69 Å². The Morgan fingerprint density at radius 1 is 1.23 bits per heavy atom. The van der Waals surface area contributed by atoms with Crippen LogP contribution in [0, 0.1) is 17.0 Å². The molecular formula is C16H16N2O4. The van der Waals surface area contributed by atoms with Gasteiger partial charge in [0, 0.05) is 17.8 Å². The summed E-state index contributed by atoms with van der Waals surface area (Å²) in [5, 5.41) is 13.2. The van der Waals surface area contributed by atoms with Gasteiger partial charge in [0.1, 0.15) is 5.75 Å². The van der Waals surface area contributed by atoms with Crippen molar-refractivity contribution in [1.82, 2.24) is 0 Å². The largest absolute Gasteiger partial charge is 0.417 e. The Balaban J connectivity index is 2.02. The Bertz CT molecular complexity index is 696. The van der Waals surface area contributed by atoms with Crippen LogP contribution in [-0.4, -0.2) is 11.0 Å². The number of benzene rings is 2. The summed E-state index contributed by atoms with van der Waals surface area (Å²) in [7, 11) is 0. The van der Waals surface area contributed by atoms with Crippen molar-refractivity contribution in [1.29, 1.82) is 0 Å². The van der Waals surface area contributed by atoms with Crippen molar-refractivity contribution >= 4 is 17.5 Å². The molecule has 1 amide bonds. The molecule has 0 fully saturated rings. The highest BCUT2D eigenvalue weighted by Gasteiger charge is 2.09. The minimum absolute atomic E-state index is 0.0566. The third-order valence-electron chi connectivity index (χ3n) is 3.23. The van der Waals surface area contributed by atoms with Gasteiger partial charge in [-0.1, -0.05) is 13.0 Å². The Morgan fingerprint density at radius 3 is 2.50 bits per heavy atom. The Hall–Kier alpha value is -2.89. The lowest BCUT2D eigenvalue weighted by Crippen LogP contribution is -2.16. The maximum Gasteiger partial charge on any atom is 0.417 e. The molecule has 0 aromatic heterocycles. The van der Waals surface area contributed by atoms with Crippen molar-refractivity contribution in [2.45, 2.75) is 20.3 Å². The SMILES string of the molecule is CCc1cc(NC(=O)Oc2ccc([N+](=O)[O-])cc2)ccc1C. The highest BCUT2D eigenvalue weighted by atomic mass is 16.6. The molecule has 0 bridgehead atoms. The predicted molar refractivity (Wildman–Crippen MR) is 83.3 cm³/mol. The van der Waals surface area contributed by atoms with E-state index in [9.17, 15) is 14.9 Å². The lowest BCUT2D eigenvalue weighted by Gasteiger charge is -2.09. The zero-order chi connectivity index (χ0) is 16.1. The van der Waals surface area contributed by atoms with Gasteiger partial charge >= 0.3 is 6.09 Å². The molecule has 0 atom stereocenters. The fourth-order valence-corrected chi connectivity index (χ4v) is 2.02. The highest BCUT2D eigenvalue weighted by molar-refractivity contribution is 5.86. The minimum atomic E-state index is -0.639. The average Bonchev–Trinajstić information content (AvgIpc) is 2.49. The van der Waals surface area contributed by atoms with Crippen molar-refractivity contribution in [2.24, 2.45) is 0 Å². The van der Waals surface area contributed by atoms with Crippen LogP contribution in [0.5, 0.6) is 5.75 Å². The molecule has 114 valence electrons. The highest BCUT2D eigenvalue weighted by Crippen LogP contribution is 2.19. The number of ether oxygens (including phenoxy) is 1. The molecule has 2 rings (SSSR count). The first-order valence-electron chi connectivity index (χ1n) is 6.82. The second-order valence-electron chi connectivity index (χ2n) is 4.76. The first kappa shape index (κ1) is 15.5. The maximum absolute atomic E-state index is 11.8. The minimum Gasteiger partial charge on any atom is -0.410 e. The summed E-state index contributed by atoms with van der Waals surface area (Å²) in [6, 6.07) is 10.9. The number of nitro groups is 1. The number of anilines is 1. The van der Waals surface area contributed by atoms with Crippen molar-refractivity contribution in [3.8, 4) is 5.75 Å². The van der Waals surface area contributed by atoms with E-state index in [4.69, 9.17) is 4.74 Å². The number of carbonyl (C=O) groups is 1. The number of aryl methyl sites for hydroxylation is 2. The molecule has 1 N–H and O–H groups in total. The van der Waals surface area contributed by atoms with Crippen LogP contribution in [-0.2, 0) is 6.42 Å². The first-order chi connectivity index (χ1) is 10.5. The lowest BCUT2D eigenvalue weighted by atomic mass is 10.1. The van der Waals surface area contributed by atoms with Crippen molar-refractivity contribution < 1.29 is 14.5 Å². The number of rotatable bonds is 4. The molecule has 0 radical (unpaired) electrons. The number of nitrogens with zero attached hydrogens (tertiary/aromatic N) is 1. The van der Waals surface area contributed by atoms with E-state index in [0.717, 1.165) is 17.5 Å². The Labute approximate surface area is 127 Å². The average molecular weight is 300 g/mol. The van der Waals surface area contributed by atoms with Gasteiger partial charge in [-0.25, -0.2) is 4.79 Å². The molecule has 0 spiro atoms. The molecule has 2 aromatic carbocycles. The molecular weight excluding hydrogens is 284 g/mol. The normalized spacial score (nSPS) is 10.1. The number of non-ortho nitro benzene ring substituents is 1. The molecule has 0 aliphatic rings. The zero-order valence-electron chi connectivity index (χ0n) is 12.3. The van der Waals surface area contributed by atoms with Gasteiger partial charge in [-0.05, 0) is 48.7 Å². The van der Waals surface area contributed by atoms with E-state index in [1.807, 2.05) is 26.0 Å². The van der Waals surface area contributed by atoms with E-state index >= 15 is 0 Å². The van der Waals surface area contributed by atoms with Crippen molar-refractivity contribution in [3.63, 3.8) is 0 Å². The van der Waals surface area contributed by atoms with Gasteiger partial charge in [-0.15, -0.1) is 0 Å². The van der Waals surface area contributed by atoms with Gasteiger partial charge in [-0.3, -0.25) is 15.4 Å². The topological polar surface area (TPSA) is 81.5 Å². The van der Waals surface area contributed by atoms with Gasteiger partial charge in [0.2, 0.25) is 0 Å². The molecule has 0 aliphatic carbocycles. The second-order valence-corrected chi connectivity index (χ2v) is 4.76. The monoisotopic (exact) mass is 300 g/mol. The quantitative estimate of drug-likeness (QED) is 0.681. The Kier molecular flexibility index (Phi) is 4.73. The number of hydrogen-bond donors (Lipinski definition) is 1. The van der Waals surface area contributed by atoms with Crippen LogP contribution < -0.4 is 10.1 Å². The Morgan fingerprint density at radius 2 is 1.91 bits per heavy atom. The number of hydrogen-bond acceptors (Lipinski definition) is 4. The van der Waals surface area contributed by atoms with Crippen LogP contribution >= 0.6 is 0 Å². The predicted octanol–water partition coefficient (Wildman–Crippen LogP) is 4.08. The van der Waals surface area contributed by atoms with Crippen LogP contribution in [0.3, 0.4) is 0 Å². The van der Waals surface area contributed by atoms with Crippen LogP contribution in [0.4, 0.5) is 16.2 Å². The zero-order valence-corrected chi connectivity index (χ0v) is 12.3. The number of amides is 1. The number of nitrogens with one attached hydrogen (secondary N) is 1. The van der Waals surface area contributed by atoms with Crippen LogP contribution in [0.15, 0.2) is 42.5 Å². The maximum atomic E-state index is 11.8. The van der Waals surface area contributed by atoms with Gasteiger partial charge in [0.05, 0.1) is 4.92 Å². The summed E-state index contributed by atoms with van der Waals surface area (Å²) in [5.74, 6) is 0.242. The third kappa shape index (κ3) is 3.82. The summed E-state index contributed by atoms with van der Waals surface area (Å²) in [5.41, 5.74) is 2.90. The van der Waals surface area contributed by atoms with Crippen molar-refractivity contribution in [2.75, 3.05) is 5.32 Å². The summed E-state index contributed by atoms with van der Waals surface area (Å²) < 4.78 is 5.08. The molecule has 0 saturated heterocycles. The van der Waals surface area contributed by atoms with Crippen molar-refractivity contribution in [3.05, 3.63) is 63.7 Å². The summed E-state index contributed by atoms with van der Waals surface area (Å²) >= 11 is 0. The van der Waals surface area contributed by atoms with E-state index in [-0.39, 0.29) is 11.4 Å². The van der Waals surface area contributed by atoms with E-state index in [2.05, 4.69) is 5.32 Å². The third-order valence-corrected chi connectivity index (χ3v) is 3.23. The van der Waals surface area contributed by atoms with Crippen LogP contribution in [0.25, 0.3) is 0 Å².